The molecule has 6 heteroatoms. The molecule has 0 aliphatic carbocycles. The molecule has 1 aromatic carbocycles. The van der Waals surface area contributed by atoms with Gasteiger partial charge in [-0.1, -0.05) is 12.1 Å². The summed E-state index contributed by atoms with van der Waals surface area (Å²) in [5.74, 6) is 0. The molecule has 2 aromatic rings. The lowest BCUT2D eigenvalue weighted by molar-refractivity contribution is -0.106. The standard InChI is InChI=1S/C13H14N2O4/c1-13(19)7-15-12(18)9-5-3-2-4-8(9)11(17)14(15)6-10(13)16/h2-5,10,16,19H,6-7H2,1H3/t10-,13+/m0/s1. The SMILES string of the molecule is C[C@@]1(O)Cn2c(=O)c3ccccc3c(=O)n2C[C@@H]1O. The number of hydrogen-bond donors (Lipinski definition) is 2. The molecule has 0 radical (unpaired) electrons. The third-order valence-corrected chi connectivity index (χ3v) is 3.68. The van der Waals surface area contributed by atoms with E-state index in [9.17, 15) is 19.8 Å². The zero-order chi connectivity index (χ0) is 13.8. The lowest BCUT2D eigenvalue weighted by Crippen LogP contribution is -2.57. The summed E-state index contributed by atoms with van der Waals surface area (Å²) in [7, 11) is 0. The van der Waals surface area contributed by atoms with Crippen LogP contribution in [-0.4, -0.2) is 31.3 Å². The molecule has 0 spiro atoms. The first-order chi connectivity index (χ1) is 8.92. The summed E-state index contributed by atoms with van der Waals surface area (Å²) >= 11 is 0. The zero-order valence-corrected chi connectivity index (χ0v) is 10.4. The Hall–Kier alpha value is -1.92. The van der Waals surface area contributed by atoms with Crippen LogP contribution in [0.25, 0.3) is 10.8 Å². The summed E-state index contributed by atoms with van der Waals surface area (Å²) in [5.41, 5.74) is -2.08. The van der Waals surface area contributed by atoms with Crippen molar-refractivity contribution in [2.45, 2.75) is 31.7 Å². The van der Waals surface area contributed by atoms with Gasteiger partial charge in [-0.15, -0.1) is 0 Å². The Bertz CT molecular complexity index is 772. The van der Waals surface area contributed by atoms with Crippen LogP contribution in [0.2, 0.25) is 0 Å². The highest BCUT2D eigenvalue weighted by Crippen LogP contribution is 2.18. The fourth-order valence-electron chi connectivity index (χ4n) is 2.46. The molecule has 0 fully saturated rings. The van der Waals surface area contributed by atoms with Gasteiger partial charge in [-0.3, -0.25) is 9.59 Å². The van der Waals surface area contributed by atoms with E-state index in [1.807, 2.05) is 0 Å². The van der Waals surface area contributed by atoms with Gasteiger partial charge >= 0.3 is 0 Å². The normalized spacial score (nSPS) is 26.4. The summed E-state index contributed by atoms with van der Waals surface area (Å²) in [6.45, 7) is 1.26. The van der Waals surface area contributed by atoms with Crippen molar-refractivity contribution in [3.63, 3.8) is 0 Å². The van der Waals surface area contributed by atoms with Crippen molar-refractivity contribution in [1.29, 1.82) is 0 Å². The van der Waals surface area contributed by atoms with Crippen LogP contribution < -0.4 is 11.1 Å². The van der Waals surface area contributed by atoms with Gasteiger partial charge in [0.1, 0.15) is 11.7 Å². The molecule has 0 amide bonds. The summed E-state index contributed by atoms with van der Waals surface area (Å²) in [5, 5.41) is 20.6. The number of aromatic nitrogens is 2. The molecule has 2 heterocycles. The molecular weight excluding hydrogens is 248 g/mol. The quantitative estimate of drug-likeness (QED) is 0.657. The van der Waals surface area contributed by atoms with E-state index < -0.39 is 11.7 Å². The second-order valence-corrected chi connectivity index (χ2v) is 5.17. The molecule has 0 unspecified atom stereocenters. The molecule has 0 bridgehead atoms. The number of aliphatic hydroxyl groups excluding tert-OH is 1. The highest BCUT2D eigenvalue weighted by Gasteiger charge is 2.37. The molecule has 3 rings (SSSR count). The largest absolute Gasteiger partial charge is 0.388 e. The summed E-state index contributed by atoms with van der Waals surface area (Å²) in [4.78, 5) is 24.6. The first-order valence-electron chi connectivity index (χ1n) is 6.05. The van der Waals surface area contributed by atoms with Crippen LogP contribution in [0, 0.1) is 0 Å². The van der Waals surface area contributed by atoms with Crippen molar-refractivity contribution in [2.75, 3.05) is 0 Å². The Morgan fingerprint density at radius 1 is 1.16 bits per heavy atom. The molecule has 0 saturated heterocycles. The number of fused-ring (bicyclic) bond motifs is 2. The van der Waals surface area contributed by atoms with Crippen LogP contribution in [0.3, 0.4) is 0 Å². The van der Waals surface area contributed by atoms with Gasteiger partial charge < -0.3 is 10.2 Å². The minimum atomic E-state index is -1.42. The second kappa shape index (κ2) is 3.79. The third-order valence-electron chi connectivity index (χ3n) is 3.68. The number of rotatable bonds is 0. The smallest absolute Gasteiger partial charge is 0.273 e. The maximum absolute atomic E-state index is 12.3. The van der Waals surface area contributed by atoms with Gasteiger partial charge in [0, 0.05) is 0 Å². The average molecular weight is 262 g/mol. The molecule has 1 aliphatic rings. The predicted molar refractivity (Wildman–Crippen MR) is 69.1 cm³/mol. The van der Waals surface area contributed by atoms with Gasteiger partial charge in [-0.25, -0.2) is 9.36 Å². The molecule has 6 nitrogen and oxygen atoms in total. The molecule has 100 valence electrons. The molecule has 2 N–H and O–H groups in total. The fraction of sp³-hybridized carbons (Fsp3) is 0.385. The zero-order valence-electron chi connectivity index (χ0n) is 10.4. The summed E-state index contributed by atoms with van der Waals surface area (Å²) in [6.07, 6.45) is -1.08. The third kappa shape index (κ3) is 1.64. The van der Waals surface area contributed by atoms with E-state index in [2.05, 4.69) is 0 Å². The van der Waals surface area contributed by atoms with Crippen LogP contribution in [-0.2, 0) is 13.1 Å². The van der Waals surface area contributed by atoms with Crippen molar-refractivity contribution in [3.05, 3.63) is 45.0 Å². The fourth-order valence-corrected chi connectivity index (χ4v) is 2.46. The van der Waals surface area contributed by atoms with Gasteiger partial charge in [0.25, 0.3) is 11.1 Å². The topological polar surface area (TPSA) is 84.5 Å². The van der Waals surface area contributed by atoms with E-state index in [1.165, 1.54) is 16.3 Å². The molecule has 2 atom stereocenters. The molecule has 0 saturated carbocycles. The average Bonchev–Trinajstić information content (AvgIpc) is 2.38. The Kier molecular flexibility index (Phi) is 2.42. The van der Waals surface area contributed by atoms with Crippen LogP contribution in [0.4, 0.5) is 0 Å². The van der Waals surface area contributed by atoms with Crippen molar-refractivity contribution < 1.29 is 10.2 Å². The van der Waals surface area contributed by atoms with E-state index in [0.29, 0.717) is 10.8 Å². The van der Waals surface area contributed by atoms with E-state index in [0.717, 1.165) is 0 Å². The second-order valence-electron chi connectivity index (χ2n) is 5.17. The summed E-state index contributed by atoms with van der Waals surface area (Å²) < 4.78 is 2.41. The number of nitrogens with zero attached hydrogens (tertiary/aromatic N) is 2. The highest BCUT2D eigenvalue weighted by atomic mass is 16.3. The minimum absolute atomic E-state index is 0.0914. The van der Waals surface area contributed by atoms with E-state index in [4.69, 9.17) is 0 Å². The van der Waals surface area contributed by atoms with Crippen LogP contribution in [0.15, 0.2) is 33.9 Å². The Labute approximate surface area is 108 Å². The van der Waals surface area contributed by atoms with Crippen LogP contribution in [0.5, 0.6) is 0 Å². The predicted octanol–water partition coefficient (Wildman–Crippen LogP) is -0.711. The molecular formula is C13H14N2O4. The van der Waals surface area contributed by atoms with Gasteiger partial charge in [0.2, 0.25) is 0 Å². The lowest BCUT2D eigenvalue weighted by atomic mass is 9.97. The van der Waals surface area contributed by atoms with E-state index >= 15 is 0 Å². The van der Waals surface area contributed by atoms with Gasteiger partial charge in [-0.05, 0) is 19.1 Å². The highest BCUT2D eigenvalue weighted by molar-refractivity contribution is 5.80. The maximum atomic E-state index is 12.3. The molecule has 1 aromatic heterocycles. The van der Waals surface area contributed by atoms with E-state index in [-0.39, 0.29) is 24.2 Å². The van der Waals surface area contributed by atoms with Gasteiger partial charge in [-0.2, -0.15) is 0 Å². The van der Waals surface area contributed by atoms with Crippen molar-refractivity contribution in [3.8, 4) is 0 Å². The molecule has 19 heavy (non-hydrogen) atoms. The van der Waals surface area contributed by atoms with Crippen molar-refractivity contribution >= 4 is 10.8 Å². The number of hydrogen-bond acceptors (Lipinski definition) is 4. The molecule has 1 aliphatic heterocycles. The Morgan fingerprint density at radius 2 is 1.68 bits per heavy atom. The number of benzene rings is 1. The Morgan fingerprint density at radius 3 is 2.26 bits per heavy atom. The van der Waals surface area contributed by atoms with E-state index in [1.54, 1.807) is 24.3 Å². The minimum Gasteiger partial charge on any atom is -0.388 e. The summed E-state index contributed by atoms with van der Waals surface area (Å²) in [6, 6.07) is 6.56. The Balaban J connectivity index is 2.41. The lowest BCUT2D eigenvalue weighted by Gasteiger charge is -2.36. The van der Waals surface area contributed by atoms with Gasteiger partial charge in [0.15, 0.2) is 0 Å². The monoisotopic (exact) mass is 262 g/mol. The van der Waals surface area contributed by atoms with Crippen LogP contribution in [0.1, 0.15) is 6.92 Å². The van der Waals surface area contributed by atoms with Gasteiger partial charge in [0.05, 0.1) is 23.9 Å². The van der Waals surface area contributed by atoms with Crippen molar-refractivity contribution in [1.82, 2.24) is 9.36 Å². The van der Waals surface area contributed by atoms with Crippen molar-refractivity contribution in [2.24, 2.45) is 0 Å². The first-order valence-corrected chi connectivity index (χ1v) is 6.05. The maximum Gasteiger partial charge on any atom is 0.273 e. The van der Waals surface area contributed by atoms with Crippen LogP contribution >= 0.6 is 0 Å². The number of aliphatic hydroxyl groups is 2. The first kappa shape index (κ1) is 12.1.